The summed E-state index contributed by atoms with van der Waals surface area (Å²) in [7, 11) is 0. The molecule has 0 radical (unpaired) electrons. The lowest BCUT2D eigenvalue weighted by molar-refractivity contribution is -0.414. The molecule has 0 saturated carbocycles. The normalized spacial score (nSPS) is 12.7. The number of carboxylic acids is 1. The van der Waals surface area contributed by atoms with Crippen LogP contribution in [0.3, 0.4) is 0 Å². The molecular weight excluding hydrogens is 160 g/mol. The van der Waals surface area contributed by atoms with Crippen molar-refractivity contribution in [3.05, 3.63) is 0 Å². The van der Waals surface area contributed by atoms with Gasteiger partial charge in [-0.15, -0.1) is 0 Å². The lowest BCUT2D eigenvalue weighted by atomic mass is 10.1. The van der Waals surface area contributed by atoms with Crippen molar-refractivity contribution in [2.45, 2.75) is 19.9 Å². The first-order chi connectivity index (χ1) is 5.45. The van der Waals surface area contributed by atoms with Crippen LogP contribution in [0, 0.1) is 5.92 Å². The Morgan fingerprint density at radius 2 is 2.00 bits per heavy atom. The quantitative estimate of drug-likeness (QED) is 0.483. The Balaban J connectivity index is 3.80. The molecule has 0 bridgehead atoms. The first-order valence-corrected chi connectivity index (χ1v) is 3.77. The number of carboxylic acid groups (broad SMARTS) is 1. The van der Waals surface area contributed by atoms with E-state index in [0.29, 0.717) is 0 Å². The Morgan fingerprint density at radius 1 is 1.50 bits per heavy atom. The zero-order chi connectivity index (χ0) is 9.72. The highest BCUT2D eigenvalue weighted by Crippen LogP contribution is 1.94. The van der Waals surface area contributed by atoms with Crippen molar-refractivity contribution in [1.29, 1.82) is 0 Å². The summed E-state index contributed by atoms with van der Waals surface area (Å²) >= 11 is 0. The number of carbonyl (C=O) groups excluding carboxylic acids is 1. The van der Waals surface area contributed by atoms with E-state index in [1.807, 2.05) is 13.8 Å². The van der Waals surface area contributed by atoms with E-state index < -0.39 is 5.97 Å². The van der Waals surface area contributed by atoms with Crippen LogP contribution in [0.2, 0.25) is 0 Å². The zero-order valence-corrected chi connectivity index (χ0v) is 7.33. The van der Waals surface area contributed by atoms with Gasteiger partial charge in [-0.3, -0.25) is 9.59 Å². The molecule has 1 amide bonds. The van der Waals surface area contributed by atoms with Crippen molar-refractivity contribution in [3.8, 4) is 0 Å². The number of aliphatic carboxylic acids is 1. The third-order valence-electron chi connectivity index (χ3n) is 1.56. The van der Waals surface area contributed by atoms with Crippen LogP contribution in [-0.2, 0) is 9.59 Å². The maximum Gasteiger partial charge on any atom is 0.322 e. The van der Waals surface area contributed by atoms with Gasteiger partial charge in [0.1, 0.15) is 6.54 Å². The van der Waals surface area contributed by atoms with Gasteiger partial charge in [0, 0.05) is 5.92 Å². The molecule has 70 valence electrons. The Kier molecular flexibility index (Phi) is 4.28. The van der Waals surface area contributed by atoms with E-state index in [1.54, 1.807) is 0 Å². The van der Waals surface area contributed by atoms with Crippen LogP contribution in [0.25, 0.3) is 0 Å². The van der Waals surface area contributed by atoms with E-state index in [0.717, 1.165) is 0 Å². The minimum absolute atomic E-state index is 0.124. The number of hydrogen-bond donors (Lipinski definition) is 3. The molecule has 0 aliphatic heterocycles. The second kappa shape index (κ2) is 4.71. The van der Waals surface area contributed by atoms with Crippen molar-refractivity contribution in [1.82, 2.24) is 5.32 Å². The molecule has 5 nitrogen and oxygen atoms in total. The molecular formula is C7H15N2O3+. The Bertz CT molecular complexity index is 179. The Labute approximate surface area is 70.9 Å². The lowest BCUT2D eigenvalue weighted by Crippen LogP contribution is -2.70. The summed E-state index contributed by atoms with van der Waals surface area (Å²) in [6.07, 6.45) is 0. The molecule has 5 N–H and O–H groups in total. The molecule has 1 unspecified atom stereocenters. The molecule has 12 heavy (non-hydrogen) atoms. The topological polar surface area (TPSA) is 94.0 Å². The van der Waals surface area contributed by atoms with E-state index >= 15 is 0 Å². The van der Waals surface area contributed by atoms with Gasteiger partial charge in [0.05, 0.1) is 0 Å². The minimum atomic E-state index is -1.04. The van der Waals surface area contributed by atoms with Crippen molar-refractivity contribution in [2.75, 3.05) is 6.54 Å². The number of amides is 1. The first kappa shape index (κ1) is 10.9. The fourth-order valence-corrected chi connectivity index (χ4v) is 0.597. The molecule has 0 aliphatic rings. The van der Waals surface area contributed by atoms with Gasteiger partial charge in [0.25, 0.3) is 5.91 Å². The number of rotatable bonds is 4. The molecule has 0 aromatic heterocycles. The maximum absolute atomic E-state index is 11.1. The number of quaternary nitrogens is 1. The summed E-state index contributed by atoms with van der Waals surface area (Å²) in [6, 6.07) is -0.385. The summed E-state index contributed by atoms with van der Waals surface area (Å²) in [6.45, 7) is 3.38. The third-order valence-corrected chi connectivity index (χ3v) is 1.56. The largest absolute Gasteiger partial charge is 0.480 e. The third kappa shape index (κ3) is 3.92. The SMILES string of the molecule is CC(C)C([NH3+])C(=O)NCC(=O)O. The second-order valence-electron chi connectivity index (χ2n) is 2.96. The summed E-state index contributed by atoms with van der Waals surface area (Å²) in [5.41, 5.74) is 3.61. The van der Waals surface area contributed by atoms with E-state index in [2.05, 4.69) is 11.1 Å². The average molecular weight is 175 g/mol. The molecule has 0 aliphatic carbocycles. The highest BCUT2D eigenvalue weighted by atomic mass is 16.4. The van der Waals surface area contributed by atoms with E-state index in [4.69, 9.17) is 5.11 Å². The van der Waals surface area contributed by atoms with Crippen molar-refractivity contribution in [3.63, 3.8) is 0 Å². The van der Waals surface area contributed by atoms with Crippen LogP contribution < -0.4 is 11.1 Å². The van der Waals surface area contributed by atoms with Crippen LogP contribution in [-0.4, -0.2) is 29.6 Å². The number of carbonyl (C=O) groups is 2. The molecule has 0 spiro atoms. The molecule has 1 atom stereocenters. The maximum atomic E-state index is 11.1. The van der Waals surface area contributed by atoms with Crippen LogP contribution in [0.15, 0.2) is 0 Å². The number of nitrogens with one attached hydrogen (secondary N) is 1. The average Bonchev–Trinajstić information content (AvgIpc) is 1.98. The van der Waals surface area contributed by atoms with Gasteiger partial charge in [0.15, 0.2) is 6.04 Å². The molecule has 5 heteroatoms. The van der Waals surface area contributed by atoms with Gasteiger partial charge in [-0.1, -0.05) is 13.8 Å². The first-order valence-electron chi connectivity index (χ1n) is 3.77. The van der Waals surface area contributed by atoms with Crippen molar-refractivity contribution < 1.29 is 20.4 Å². The molecule has 0 heterocycles. The molecule has 0 rings (SSSR count). The van der Waals surface area contributed by atoms with E-state index in [9.17, 15) is 9.59 Å². The predicted octanol–water partition coefficient (Wildman–Crippen LogP) is -1.55. The van der Waals surface area contributed by atoms with Crippen molar-refractivity contribution in [2.24, 2.45) is 5.92 Å². The second-order valence-corrected chi connectivity index (χ2v) is 2.96. The Morgan fingerprint density at radius 3 is 2.33 bits per heavy atom. The highest BCUT2D eigenvalue weighted by Gasteiger charge is 2.20. The standard InChI is InChI=1S/C7H14N2O3/c1-4(2)6(8)7(12)9-3-5(10)11/h4,6H,3,8H2,1-2H3,(H,9,12)(H,10,11)/p+1. The number of hydrogen-bond acceptors (Lipinski definition) is 2. The monoisotopic (exact) mass is 175 g/mol. The van der Waals surface area contributed by atoms with Crippen LogP contribution in [0.1, 0.15) is 13.8 Å². The Hall–Kier alpha value is -1.10. The van der Waals surface area contributed by atoms with Gasteiger partial charge in [-0.2, -0.15) is 0 Å². The summed E-state index contributed by atoms with van der Waals surface area (Å²) in [5, 5.41) is 10.5. The summed E-state index contributed by atoms with van der Waals surface area (Å²) < 4.78 is 0. The van der Waals surface area contributed by atoms with E-state index in [-0.39, 0.29) is 24.4 Å². The van der Waals surface area contributed by atoms with Gasteiger partial charge in [0.2, 0.25) is 0 Å². The van der Waals surface area contributed by atoms with Crippen LogP contribution >= 0.6 is 0 Å². The summed E-state index contributed by atoms with van der Waals surface area (Å²) in [5.74, 6) is -1.23. The highest BCUT2D eigenvalue weighted by molar-refractivity contribution is 5.84. The summed E-state index contributed by atoms with van der Waals surface area (Å²) in [4.78, 5) is 21.1. The van der Waals surface area contributed by atoms with Gasteiger partial charge in [-0.25, -0.2) is 0 Å². The predicted molar refractivity (Wildman–Crippen MR) is 42.2 cm³/mol. The van der Waals surface area contributed by atoms with E-state index in [1.165, 1.54) is 0 Å². The smallest absolute Gasteiger partial charge is 0.322 e. The molecule has 0 fully saturated rings. The fourth-order valence-electron chi connectivity index (χ4n) is 0.597. The lowest BCUT2D eigenvalue weighted by Gasteiger charge is -2.10. The molecule has 0 aromatic carbocycles. The van der Waals surface area contributed by atoms with Crippen LogP contribution in [0.5, 0.6) is 0 Å². The van der Waals surface area contributed by atoms with Gasteiger partial charge >= 0.3 is 5.97 Å². The zero-order valence-electron chi connectivity index (χ0n) is 7.33. The molecule has 0 aromatic rings. The van der Waals surface area contributed by atoms with Crippen molar-refractivity contribution >= 4 is 11.9 Å². The minimum Gasteiger partial charge on any atom is -0.480 e. The molecule has 0 saturated heterocycles. The fraction of sp³-hybridized carbons (Fsp3) is 0.714. The van der Waals surface area contributed by atoms with Crippen LogP contribution in [0.4, 0.5) is 0 Å². The van der Waals surface area contributed by atoms with Gasteiger partial charge < -0.3 is 16.2 Å². The van der Waals surface area contributed by atoms with Gasteiger partial charge in [-0.05, 0) is 0 Å².